The molecule has 0 radical (unpaired) electrons. The maximum atomic E-state index is 9.03. The number of rotatable bonds is 4. The second-order valence-corrected chi connectivity index (χ2v) is 4.75. The van der Waals surface area contributed by atoms with Gasteiger partial charge in [-0.25, -0.2) is 0 Å². The summed E-state index contributed by atoms with van der Waals surface area (Å²) in [6.07, 6.45) is 4.76. The fourth-order valence-corrected chi connectivity index (χ4v) is 2.37. The highest BCUT2D eigenvalue weighted by Gasteiger charge is 2.22. The molecule has 1 saturated heterocycles. The Hall–Kier alpha value is -0.910. The van der Waals surface area contributed by atoms with Crippen LogP contribution in [0.25, 0.3) is 0 Å². The van der Waals surface area contributed by atoms with Gasteiger partial charge in [-0.05, 0) is 24.8 Å². The van der Waals surface area contributed by atoms with E-state index in [2.05, 4.69) is 5.10 Å². The fourth-order valence-electron chi connectivity index (χ4n) is 2.37. The van der Waals surface area contributed by atoms with Gasteiger partial charge < -0.3 is 15.6 Å². The highest BCUT2D eigenvalue weighted by Crippen LogP contribution is 2.28. The van der Waals surface area contributed by atoms with E-state index in [1.54, 1.807) is 0 Å². The van der Waals surface area contributed by atoms with E-state index in [0.717, 1.165) is 31.7 Å². The molecule has 1 fully saturated rings. The average molecular weight is 239 g/mol. The summed E-state index contributed by atoms with van der Waals surface area (Å²) in [5.41, 5.74) is 8.11. The average Bonchev–Trinajstić information content (AvgIpc) is 2.71. The summed E-state index contributed by atoms with van der Waals surface area (Å²) in [5, 5.41) is 13.6. The molecule has 17 heavy (non-hydrogen) atoms. The summed E-state index contributed by atoms with van der Waals surface area (Å²) >= 11 is 0. The van der Waals surface area contributed by atoms with Gasteiger partial charge in [-0.1, -0.05) is 0 Å². The molecule has 2 heterocycles. The lowest BCUT2D eigenvalue weighted by Gasteiger charge is -2.21. The van der Waals surface area contributed by atoms with Gasteiger partial charge in [-0.2, -0.15) is 5.10 Å². The fraction of sp³-hybridized carbons (Fsp3) is 0.750. The molecule has 0 aromatic carbocycles. The minimum atomic E-state index is -0.196. The first-order chi connectivity index (χ1) is 8.20. The lowest BCUT2D eigenvalue weighted by molar-refractivity contribution is 0.0842. The van der Waals surface area contributed by atoms with Crippen LogP contribution in [0.1, 0.15) is 30.0 Å². The third-order valence-electron chi connectivity index (χ3n) is 3.26. The van der Waals surface area contributed by atoms with Gasteiger partial charge in [-0.15, -0.1) is 0 Å². The quantitative estimate of drug-likeness (QED) is 0.786. The molecule has 5 nitrogen and oxygen atoms in total. The Kier molecular flexibility index (Phi) is 4.15. The predicted octanol–water partition coefficient (Wildman–Crippen LogP) is 0.176. The second-order valence-electron chi connectivity index (χ2n) is 4.75. The monoisotopic (exact) mass is 239 g/mol. The minimum Gasteiger partial charge on any atom is -0.395 e. The molecular formula is C12H21N3O2. The van der Waals surface area contributed by atoms with Crippen molar-refractivity contribution in [3.63, 3.8) is 0 Å². The molecule has 5 heteroatoms. The van der Waals surface area contributed by atoms with Crippen LogP contribution in [0.15, 0.2) is 6.20 Å². The number of aliphatic hydroxyl groups excluding tert-OH is 1. The van der Waals surface area contributed by atoms with Crippen LogP contribution in [-0.2, 0) is 18.2 Å². The normalized spacial score (nSPS) is 19.5. The first-order valence-corrected chi connectivity index (χ1v) is 6.17. The minimum absolute atomic E-state index is 0.0160. The Balaban J connectivity index is 2.14. The smallest absolute Gasteiger partial charge is 0.0689 e. The Morgan fingerprint density at radius 3 is 2.94 bits per heavy atom. The van der Waals surface area contributed by atoms with Crippen LogP contribution in [0.5, 0.6) is 0 Å². The third-order valence-corrected chi connectivity index (χ3v) is 3.26. The largest absolute Gasteiger partial charge is 0.395 e. The number of ether oxygens (including phenoxy) is 1. The zero-order chi connectivity index (χ0) is 12.3. The molecule has 0 bridgehead atoms. The van der Waals surface area contributed by atoms with E-state index in [4.69, 9.17) is 15.6 Å². The van der Waals surface area contributed by atoms with Crippen molar-refractivity contribution in [1.82, 2.24) is 9.78 Å². The summed E-state index contributed by atoms with van der Waals surface area (Å²) in [6.45, 7) is 1.64. The van der Waals surface area contributed by atoms with E-state index in [9.17, 15) is 0 Å². The van der Waals surface area contributed by atoms with Gasteiger partial charge in [0.25, 0.3) is 0 Å². The van der Waals surface area contributed by atoms with Crippen molar-refractivity contribution in [3.05, 3.63) is 17.5 Å². The number of aromatic nitrogens is 2. The molecule has 1 aromatic heterocycles. The van der Waals surface area contributed by atoms with Crippen LogP contribution >= 0.6 is 0 Å². The van der Waals surface area contributed by atoms with Crippen LogP contribution < -0.4 is 5.73 Å². The van der Waals surface area contributed by atoms with Gasteiger partial charge in [0.1, 0.15) is 0 Å². The van der Waals surface area contributed by atoms with E-state index >= 15 is 0 Å². The summed E-state index contributed by atoms with van der Waals surface area (Å²) in [5.74, 6) is 0.478. The van der Waals surface area contributed by atoms with Gasteiger partial charge >= 0.3 is 0 Å². The summed E-state index contributed by atoms with van der Waals surface area (Å²) in [6, 6.07) is -0.196. The lowest BCUT2D eigenvalue weighted by Crippen LogP contribution is -2.27. The van der Waals surface area contributed by atoms with Gasteiger partial charge in [-0.3, -0.25) is 4.68 Å². The molecule has 1 aromatic rings. The van der Waals surface area contributed by atoms with Crippen molar-refractivity contribution in [2.24, 2.45) is 12.8 Å². The lowest BCUT2D eigenvalue weighted by atomic mass is 9.92. The van der Waals surface area contributed by atoms with Gasteiger partial charge in [0, 0.05) is 38.4 Å². The molecule has 1 unspecified atom stereocenters. The number of hydrogen-bond acceptors (Lipinski definition) is 4. The Morgan fingerprint density at radius 1 is 1.59 bits per heavy atom. The summed E-state index contributed by atoms with van der Waals surface area (Å²) in [4.78, 5) is 0. The van der Waals surface area contributed by atoms with Crippen molar-refractivity contribution in [1.29, 1.82) is 0 Å². The van der Waals surface area contributed by atoms with E-state index in [-0.39, 0.29) is 12.6 Å². The Bertz CT molecular complexity index is 359. The van der Waals surface area contributed by atoms with E-state index in [1.807, 2.05) is 17.9 Å². The second kappa shape index (κ2) is 5.62. The zero-order valence-electron chi connectivity index (χ0n) is 10.3. The maximum Gasteiger partial charge on any atom is 0.0689 e. The van der Waals surface area contributed by atoms with Gasteiger partial charge in [0.05, 0.1) is 12.3 Å². The first-order valence-electron chi connectivity index (χ1n) is 6.17. The number of nitrogens with two attached hydrogens (primary N) is 1. The molecule has 0 spiro atoms. The van der Waals surface area contributed by atoms with Crippen molar-refractivity contribution in [2.75, 3.05) is 19.8 Å². The zero-order valence-corrected chi connectivity index (χ0v) is 10.3. The predicted molar refractivity (Wildman–Crippen MR) is 64.8 cm³/mol. The van der Waals surface area contributed by atoms with Crippen LogP contribution in [0.2, 0.25) is 0 Å². The number of aryl methyl sites for hydroxylation is 1. The molecule has 0 amide bonds. The van der Waals surface area contributed by atoms with Crippen LogP contribution in [0.3, 0.4) is 0 Å². The SMILES string of the molecule is Cn1cc(CC(N)CO)c(C2CCOCC2)n1. The molecule has 1 aliphatic heterocycles. The molecular weight excluding hydrogens is 218 g/mol. The van der Waals surface area contributed by atoms with Gasteiger partial charge in [0.2, 0.25) is 0 Å². The van der Waals surface area contributed by atoms with Crippen LogP contribution in [0, 0.1) is 0 Å². The molecule has 3 N–H and O–H groups in total. The Labute approximate surface area is 102 Å². The third kappa shape index (κ3) is 3.06. The molecule has 0 saturated carbocycles. The molecule has 1 aliphatic rings. The number of aliphatic hydroxyl groups is 1. The maximum absolute atomic E-state index is 9.03. The van der Waals surface area contributed by atoms with E-state index in [0.29, 0.717) is 12.3 Å². The number of hydrogen-bond donors (Lipinski definition) is 2. The Morgan fingerprint density at radius 2 is 2.29 bits per heavy atom. The summed E-state index contributed by atoms with van der Waals surface area (Å²) < 4.78 is 7.21. The molecule has 96 valence electrons. The molecule has 2 rings (SSSR count). The molecule has 0 aliphatic carbocycles. The van der Waals surface area contributed by atoms with Crippen LogP contribution in [-0.4, -0.2) is 40.7 Å². The van der Waals surface area contributed by atoms with E-state index < -0.39 is 0 Å². The van der Waals surface area contributed by atoms with E-state index in [1.165, 1.54) is 5.56 Å². The first kappa shape index (κ1) is 12.5. The molecule has 1 atom stereocenters. The highest BCUT2D eigenvalue weighted by atomic mass is 16.5. The van der Waals surface area contributed by atoms with Crippen molar-refractivity contribution < 1.29 is 9.84 Å². The number of nitrogens with zero attached hydrogens (tertiary/aromatic N) is 2. The van der Waals surface area contributed by atoms with Gasteiger partial charge in [0.15, 0.2) is 0 Å². The topological polar surface area (TPSA) is 73.3 Å². The standard InChI is InChI=1S/C12H21N3O2/c1-15-7-10(6-11(13)8-16)12(14-15)9-2-4-17-5-3-9/h7,9,11,16H,2-6,8,13H2,1H3. The van der Waals surface area contributed by atoms with Crippen molar-refractivity contribution in [3.8, 4) is 0 Å². The highest BCUT2D eigenvalue weighted by molar-refractivity contribution is 5.22. The van der Waals surface area contributed by atoms with Crippen molar-refractivity contribution in [2.45, 2.75) is 31.2 Å². The van der Waals surface area contributed by atoms with Crippen LogP contribution in [0.4, 0.5) is 0 Å². The van der Waals surface area contributed by atoms with Crippen molar-refractivity contribution >= 4 is 0 Å². The summed E-state index contributed by atoms with van der Waals surface area (Å²) in [7, 11) is 1.93.